The Balaban J connectivity index is 1.55. The zero-order valence-electron chi connectivity index (χ0n) is 32.9. The molecule has 1 amide bonds. The number of benzene rings is 3. The van der Waals surface area contributed by atoms with Crippen molar-refractivity contribution in [2.45, 2.75) is 77.8 Å². The Bertz CT molecular complexity index is 2510. The van der Waals surface area contributed by atoms with Gasteiger partial charge in [0.05, 0.1) is 33.4 Å². The van der Waals surface area contributed by atoms with Crippen LogP contribution < -0.4 is 35.2 Å². The van der Waals surface area contributed by atoms with Gasteiger partial charge < -0.3 is 29.4 Å². The van der Waals surface area contributed by atoms with Crippen LogP contribution in [0.5, 0.6) is 11.5 Å². The van der Waals surface area contributed by atoms with Crippen LogP contribution in [-0.4, -0.2) is 68.9 Å². The Labute approximate surface area is 327 Å². The first-order valence-corrected chi connectivity index (χ1v) is 20.4. The quantitative estimate of drug-likeness (QED) is 0.0497. The number of azide groups is 1. The monoisotopic (exact) mass is 779 g/mol. The van der Waals surface area contributed by atoms with E-state index in [9.17, 15) is 27.7 Å². The molecule has 0 atom stereocenters. The van der Waals surface area contributed by atoms with Crippen LogP contribution in [0.1, 0.15) is 110 Å². The van der Waals surface area contributed by atoms with Crippen molar-refractivity contribution in [3.8, 4) is 11.5 Å². The molecule has 0 aromatic heterocycles. The molecule has 0 spiro atoms. The SMILES string of the molecule is CCC1=CC(C)(C)[N+](C)=c2cc3c(cc21)=C(c1ccc(C(=O)NCCCCCCN=[N+]=[N-])cc1C(=O)[O-])c1cc2c(cc1O3)N(C)C(C)(C)C=C2CS(=O)(=O)[O-]. The molecule has 0 saturated carbocycles. The second-order valence-electron chi connectivity index (χ2n) is 15.7. The van der Waals surface area contributed by atoms with E-state index in [4.69, 9.17) is 10.3 Å². The van der Waals surface area contributed by atoms with Gasteiger partial charge in [-0.3, -0.25) is 4.79 Å². The number of aromatic carboxylic acids is 1. The first kappa shape index (κ1) is 40.2. The van der Waals surface area contributed by atoms with E-state index >= 15 is 0 Å². The van der Waals surface area contributed by atoms with Gasteiger partial charge in [0.2, 0.25) is 5.36 Å². The number of amides is 1. The molecule has 3 aliphatic rings. The van der Waals surface area contributed by atoms with Crippen LogP contribution in [0.4, 0.5) is 5.69 Å². The van der Waals surface area contributed by atoms with E-state index in [1.54, 1.807) is 24.3 Å². The molecule has 0 fully saturated rings. The maximum atomic E-state index is 13.3. The Morgan fingerprint density at radius 1 is 0.946 bits per heavy atom. The number of nitrogens with zero attached hydrogens (tertiary/aromatic N) is 5. The molecule has 3 heterocycles. The minimum atomic E-state index is -4.68. The highest BCUT2D eigenvalue weighted by Crippen LogP contribution is 2.46. The molecule has 0 radical (unpaired) electrons. The van der Waals surface area contributed by atoms with Crippen molar-refractivity contribution in [3.05, 3.63) is 109 Å². The minimum Gasteiger partial charge on any atom is -0.748 e. The van der Waals surface area contributed by atoms with Crippen LogP contribution in [0.3, 0.4) is 0 Å². The summed E-state index contributed by atoms with van der Waals surface area (Å²) in [5.74, 6) is -1.74. The maximum Gasteiger partial charge on any atom is 0.251 e. The number of anilines is 1. The molecule has 6 rings (SSSR count). The van der Waals surface area contributed by atoms with Gasteiger partial charge in [-0.2, -0.15) is 0 Å². The maximum absolute atomic E-state index is 13.3. The van der Waals surface area contributed by atoms with Gasteiger partial charge >= 0.3 is 0 Å². The lowest BCUT2D eigenvalue weighted by atomic mass is 9.83. The summed E-state index contributed by atoms with van der Waals surface area (Å²) in [5, 5.41) is 21.0. The number of hydrogen-bond acceptors (Lipinski definition) is 9. The highest BCUT2D eigenvalue weighted by Gasteiger charge is 2.36. The van der Waals surface area contributed by atoms with Gasteiger partial charge in [-0.25, -0.2) is 13.0 Å². The Kier molecular flexibility index (Phi) is 11.0. The number of carbonyl (C=O) groups is 2. The molecule has 3 aromatic rings. The van der Waals surface area contributed by atoms with E-state index in [-0.39, 0.29) is 22.2 Å². The molecular weight excluding hydrogens is 733 g/mol. The van der Waals surface area contributed by atoms with Crippen LogP contribution in [0, 0.1) is 0 Å². The lowest BCUT2D eigenvalue weighted by molar-refractivity contribution is -0.255. The highest BCUT2D eigenvalue weighted by molar-refractivity contribution is 7.86. The van der Waals surface area contributed by atoms with Crippen molar-refractivity contribution in [1.29, 1.82) is 0 Å². The summed E-state index contributed by atoms with van der Waals surface area (Å²) in [7, 11) is -0.780. The van der Waals surface area contributed by atoms with E-state index in [0.717, 1.165) is 42.2 Å². The van der Waals surface area contributed by atoms with Gasteiger partial charge in [-0.1, -0.05) is 37.0 Å². The number of carboxylic acids is 1. The number of hydrogen-bond donors (Lipinski definition) is 1. The predicted molar refractivity (Wildman–Crippen MR) is 214 cm³/mol. The summed E-state index contributed by atoms with van der Waals surface area (Å²) >= 11 is 0. The van der Waals surface area contributed by atoms with Gasteiger partial charge in [0.1, 0.15) is 18.5 Å². The molecule has 0 aliphatic carbocycles. The molecule has 0 saturated heterocycles. The highest BCUT2D eigenvalue weighted by atomic mass is 32.2. The number of ether oxygens (including phenoxy) is 1. The average Bonchev–Trinajstić information content (AvgIpc) is 3.13. The number of nitrogens with one attached hydrogen (secondary N) is 1. The predicted octanol–water partition coefficient (Wildman–Crippen LogP) is 4.87. The average molecular weight is 780 g/mol. The zero-order chi connectivity index (χ0) is 40.7. The number of rotatable bonds is 13. The van der Waals surface area contributed by atoms with Crippen LogP contribution in [0.15, 0.2) is 59.7 Å². The molecule has 0 unspecified atom stereocenters. The fraction of sp³-hybridized carbons (Fsp3) is 0.405. The molecule has 3 aromatic carbocycles. The number of allylic oxidation sites excluding steroid dienone is 1. The molecule has 13 nitrogen and oxygen atoms in total. The third-order valence-corrected chi connectivity index (χ3v) is 11.8. The number of carboxylic acid groups (broad SMARTS) is 1. The van der Waals surface area contributed by atoms with Gasteiger partial charge in [-0.15, -0.1) is 0 Å². The number of carbonyl (C=O) groups excluding carboxylic acids is 2. The molecule has 1 N–H and O–H groups in total. The Morgan fingerprint density at radius 2 is 1.68 bits per heavy atom. The zero-order valence-corrected chi connectivity index (χ0v) is 33.7. The molecule has 14 heteroatoms. The summed E-state index contributed by atoms with van der Waals surface area (Å²) in [4.78, 5) is 31.0. The standard InChI is InChI=1S/C42H48N6O7S/c1-8-25-22-41(2,3)47(6)34-20-36-32(18-29(25)34)38(28-14-13-26(17-31(28)40(50)51)39(49)44-15-11-9-10-12-16-45-46-43)33-19-30-27(24-56(52,53)54)23-42(4,5)48(7)35(30)21-37(33)55-36/h13-14,17-23H,8-12,15-16,24H2,1-7H3,(H2-,44,49,50,51,52,53,54)/p-1. The lowest BCUT2D eigenvalue weighted by Gasteiger charge is -2.42. The van der Waals surface area contributed by atoms with Crippen LogP contribution >= 0.6 is 0 Å². The fourth-order valence-corrected chi connectivity index (χ4v) is 8.45. The lowest BCUT2D eigenvalue weighted by Crippen LogP contribution is -2.47. The van der Waals surface area contributed by atoms with E-state index in [2.05, 4.69) is 46.8 Å². The second-order valence-corrected chi connectivity index (χ2v) is 17.1. The summed E-state index contributed by atoms with van der Waals surface area (Å²) < 4.78 is 45.5. The third kappa shape index (κ3) is 7.82. The summed E-state index contributed by atoms with van der Waals surface area (Å²) in [6.45, 7) is 11.0. The summed E-state index contributed by atoms with van der Waals surface area (Å²) in [6.07, 6.45) is 7.85. The molecule has 3 aliphatic heterocycles. The van der Waals surface area contributed by atoms with Crippen molar-refractivity contribution in [2.24, 2.45) is 5.11 Å². The Morgan fingerprint density at radius 3 is 2.36 bits per heavy atom. The van der Waals surface area contributed by atoms with Crippen molar-refractivity contribution < 1.29 is 32.4 Å². The first-order valence-electron chi connectivity index (χ1n) is 18.8. The van der Waals surface area contributed by atoms with Crippen molar-refractivity contribution in [3.63, 3.8) is 0 Å². The van der Waals surface area contributed by atoms with Gasteiger partial charge in [0.15, 0.2) is 5.54 Å². The van der Waals surface area contributed by atoms with E-state index in [1.807, 2.05) is 51.0 Å². The van der Waals surface area contributed by atoms with Crippen molar-refractivity contribution in [1.82, 2.24) is 9.89 Å². The van der Waals surface area contributed by atoms with Crippen LogP contribution in [0.25, 0.3) is 27.2 Å². The smallest absolute Gasteiger partial charge is 0.251 e. The van der Waals surface area contributed by atoms with E-state index in [1.165, 1.54) is 6.07 Å². The first-order chi connectivity index (χ1) is 26.4. The molecular formula is C42H47N6O7S-. The van der Waals surface area contributed by atoms with Crippen LogP contribution in [-0.2, 0) is 10.1 Å². The fourth-order valence-electron chi connectivity index (χ4n) is 7.83. The van der Waals surface area contributed by atoms with Crippen molar-refractivity contribution in [2.75, 3.05) is 37.8 Å². The summed E-state index contributed by atoms with van der Waals surface area (Å²) in [5.41, 5.74) is 12.3. The number of fused-ring (bicyclic) bond motifs is 4. The largest absolute Gasteiger partial charge is 0.748 e. The molecule has 56 heavy (non-hydrogen) atoms. The van der Waals surface area contributed by atoms with Gasteiger partial charge in [0, 0.05) is 89.3 Å². The minimum absolute atomic E-state index is 0.148. The van der Waals surface area contributed by atoms with Crippen molar-refractivity contribution >= 4 is 44.4 Å². The second kappa shape index (κ2) is 15.2. The summed E-state index contributed by atoms with van der Waals surface area (Å²) in [6, 6.07) is 12.0. The van der Waals surface area contributed by atoms with Gasteiger partial charge in [-0.05, 0) is 85.7 Å². The van der Waals surface area contributed by atoms with Crippen LogP contribution in [0.2, 0.25) is 0 Å². The molecule has 294 valence electrons. The topological polar surface area (TPSA) is 191 Å². The molecule has 0 bridgehead atoms. The van der Waals surface area contributed by atoms with Gasteiger partial charge in [0.25, 0.3) is 5.91 Å². The normalized spacial score (nSPS) is 16.2. The Hall–Kier alpha value is -5.43. The van der Waals surface area contributed by atoms with E-state index in [0.29, 0.717) is 64.2 Å². The third-order valence-electron chi connectivity index (χ3n) is 11.2. The number of unbranched alkanes of at least 4 members (excludes halogenated alkanes) is 3. The van der Waals surface area contributed by atoms with E-state index < -0.39 is 33.3 Å². The number of likely N-dealkylation sites (N-methyl/N-ethyl adjacent to an activating group) is 2.